The molecule has 0 spiro atoms. The van der Waals surface area contributed by atoms with Crippen molar-refractivity contribution in [3.8, 4) is 28.4 Å². The maximum absolute atomic E-state index is 15.0. The Kier molecular flexibility index (Phi) is 8.66. The number of rotatable bonds is 9. The molecule has 2 atom stereocenters. The maximum atomic E-state index is 15.0. The fourth-order valence-electron chi connectivity index (χ4n) is 4.84. The number of alkyl halides is 2. The van der Waals surface area contributed by atoms with Crippen molar-refractivity contribution in [2.24, 2.45) is 5.92 Å². The van der Waals surface area contributed by atoms with Gasteiger partial charge in [0.15, 0.2) is 5.82 Å². The summed E-state index contributed by atoms with van der Waals surface area (Å²) in [7, 11) is 3.45. The number of hydrogen-bond donors (Lipinski definition) is 2. The third kappa shape index (κ3) is 6.14. The van der Waals surface area contributed by atoms with Gasteiger partial charge in [-0.15, -0.1) is 0 Å². The second-order valence-corrected chi connectivity index (χ2v) is 10.4. The number of aryl methyl sites for hydroxylation is 2. The Morgan fingerprint density at radius 3 is 2.71 bits per heavy atom. The van der Waals surface area contributed by atoms with Crippen LogP contribution in [0.3, 0.4) is 0 Å². The Bertz CT molecular complexity index is 1270. The number of benzene rings is 1. The van der Waals surface area contributed by atoms with Crippen LogP contribution in [0.15, 0.2) is 22.7 Å². The van der Waals surface area contributed by atoms with E-state index < -0.39 is 17.9 Å². The van der Waals surface area contributed by atoms with Crippen LogP contribution >= 0.6 is 11.6 Å². The molecule has 2 aromatic heterocycles. The Morgan fingerprint density at radius 1 is 1.29 bits per heavy atom. The van der Waals surface area contributed by atoms with Crippen LogP contribution in [0, 0.1) is 26.7 Å². The Morgan fingerprint density at radius 2 is 2.05 bits per heavy atom. The van der Waals surface area contributed by atoms with Crippen LogP contribution in [0.4, 0.5) is 8.78 Å². The largest absolute Gasteiger partial charge is 0.491 e. The quantitative estimate of drug-likeness (QED) is 0.404. The van der Waals surface area contributed by atoms with Crippen molar-refractivity contribution >= 4 is 11.6 Å². The van der Waals surface area contributed by atoms with Crippen molar-refractivity contribution in [2.45, 2.75) is 45.6 Å². The predicted molar refractivity (Wildman–Crippen MR) is 142 cm³/mol. The standard InChI is InChI=1S/C27H34ClF2N5O3/c1-15-23(10-18-8-9-35(5)14-27(18,29)30)32-26(33-25(15)24-16(2)34-38-17(24)3)21-11-20(6-7-22(21)28)37-13-19(36)12-31-4/h6-7,11,18-19,31,36H,8-10,12-14H2,1-5H3/t18?,19-/m1/s1. The lowest BCUT2D eigenvalue weighted by Gasteiger charge is -2.36. The summed E-state index contributed by atoms with van der Waals surface area (Å²) in [5.74, 6) is -2.34. The van der Waals surface area contributed by atoms with Crippen LogP contribution in [0.2, 0.25) is 5.02 Å². The van der Waals surface area contributed by atoms with Crippen molar-refractivity contribution < 1.29 is 23.1 Å². The molecule has 3 aromatic rings. The van der Waals surface area contributed by atoms with Gasteiger partial charge in [0.1, 0.15) is 24.2 Å². The van der Waals surface area contributed by atoms with E-state index in [2.05, 4.69) is 10.5 Å². The van der Waals surface area contributed by atoms with E-state index >= 15 is 8.78 Å². The summed E-state index contributed by atoms with van der Waals surface area (Å²) in [6, 6.07) is 5.06. The first-order valence-corrected chi connectivity index (χ1v) is 13.0. The van der Waals surface area contributed by atoms with Gasteiger partial charge in [-0.3, -0.25) is 0 Å². The highest BCUT2D eigenvalue weighted by Gasteiger charge is 2.44. The summed E-state index contributed by atoms with van der Waals surface area (Å²) in [6.45, 7) is 6.23. The van der Waals surface area contributed by atoms with Gasteiger partial charge in [-0.2, -0.15) is 0 Å². The third-order valence-corrected chi connectivity index (χ3v) is 7.28. The zero-order valence-corrected chi connectivity index (χ0v) is 23.1. The number of aliphatic hydroxyl groups is 1. The second-order valence-electron chi connectivity index (χ2n) is 10.0. The molecule has 38 heavy (non-hydrogen) atoms. The lowest BCUT2D eigenvalue weighted by molar-refractivity contribution is -0.105. The zero-order valence-electron chi connectivity index (χ0n) is 22.3. The van der Waals surface area contributed by atoms with E-state index in [9.17, 15) is 5.11 Å². The van der Waals surface area contributed by atoms with Gasteiger partial charge in [-0.1, -0.05) is 16.8 Å². The summed E-state index contributed by atoms with van der Waals surface area (Å²) >= 11 is 6.58. The average Bonchev–Trinajstić information content (AvgIpc) is 3.19. The SMILES string of the molecule is CNC[C@@H](O)COc1ccc(Cl)c(-c2nc(CC3CCN(C)CC3(F)F)c(C)c(-c3c(C)noc3C)n2)c1. The topological polar surface area (TPSA) is 96.5 Å². The number of nitrogens with zero attached hydrogens (tertiary/aromatic N) is 4. The molecule has 1 aliphatic heterocycles. The highest BCUT2D eigenvalue weighted by atomic mass is 35.5. The molecular formula is C27H34ClF2N5O3. The fourth-order valence-corrected chi connectivity index (χ4v) is 5.04. The summed E-state index contributed by atoms with van der Waals surface area (Å²) in [5.41, 5.74) is 3.66. The zero-order chi connectivity index (χ0) is 27.6. The molecule has 3 heterocycles. The normalized spacial score (nSPS) is 18.5. The molecule has 8 nitrogen and oxygen atoms in total. The van der Waals surface area contributed by atoms with Crippen LogP contribution in [0.1, 0.15) is 29.1 Å². The summed E-state index contributed by atoms with van der Waals surface area (Å²) in [4.78, 5) is 11.3. The number of likely N-dealkylation sites (tertiary alicyclic amines) is 1. The first-order chi connectivity index (χ1) is 18.0. The molecule has 0 bridgehead atoms. The molecule has 0 radical (unpaired) electrons. The van der Waals surface area contributed by atoms with E-state index in [1.165, 1.54) is 0 Å². The van der Waals surface area contributed by atoms with Crippen molar-refractivity contribution in [2.75, 3.05) is 40.3 Å². The van der Waals surface area contributed by atoms with Crippen LogP contribution in [0.5, 0.6) is 5.75 Å². The molecule has 1 saturated heterocycles. The molecule has 0 aliphatic carbocycles. The van der Waals surface area contributed by atoms with Gasteiger partial charge in [-0.05, 0) is 78.0 Å². The number of aliphatic hydroxyl groups excluding tert-OH is 1. The van der Waals surface area contributed by atoms with Gasteiger partial charge in [0.2, 0.25) is 0 Å². The lowest BCUT2D eigenvalue weighted by atomic mass is 9.87. The molecular weight excluding hydrogens is 516 g/mol. The molecule has 2 N–H and O–H groups in total. The monoisotopic (exact) mass is 549 g/mol. The molecule has 0 saturated carbocycles. The Labute approximate surface area is 226 Å². The van der Waals surface area contributed by atoms with Gasteiger partial charge in [0.25, 0.3) is 5.92 Å². The van der Waals surface area contributed by atoms with Gasteiger partial charge in [0.05, 0.1) is 28.5 Å². The first kappa shape index (κ1) is 28.4. The number of hydrogen-bond acceptors (Lipinski definition) is 8. The number of aromatic nitrogens is 3. The first-order valence-electron chi connectivity index (χ1n) is 12.6. The van der Waals surface area contributed by atoms with Crippen LogP contribution in [-0.4, -0.2) is 77.5 Å². The number of likely N-dealkylation sites (N-methyl/N-ethyl adjacent to an activating group) is 1. The molecule has 1 aromatic carbocycles. The van der Waals surface area contributed by atoms with E-state index in [0.717, 1.165) is 0 Å². The van der Waals surface area contributed by atoms with Crippen molar-refractivity contribution in [3.63, 3.8) is 0 Å². The van der Waals surface area contributed by atoms with Crippen LogP contribution in [0.25, 0.3) is 22.6 Å². The summed E-state index contributed by atoms with van der Waals surface area (Å²) in [5, 5.41) is 17.4. The van der Waals surface area contributed by atoms with E-state index in [-0.39, 0.29) is 19.6 Å². The average molecular weight is 550 g/mol. The molecule has 4 rings (SSSR count). The Balaban J connectivity index is 1.78. The second kappa shape index (κ2) is 11.6. The highest BCUT2D eigenvalue weighted by molar-refractivity contribution is 6.33. The number of piperidine rings is 1. The fraction of sp³-hybridized carbons (Fsp3) is 0.519. The third-order valence-electron chi connectivity index (χ3n) is 6.95. The Hall–Kier alpha value is -2.66. The van der Waals surface area contributed by atoms with Gasteiger partial charge in [-0.25, -0.2) is 18.7 Å². The molecule has 206 valence electrons. The number of ether oxygens (including phenoxy) is 1. The minimum absolute atomic E-state index is 0.0808. The van der Waals surface area contributed by atoms with Crippen molar-refractivity contribution in [1.29, 1.82) is 0 Å². The molecule has 1 unspecified atom stereocenters. The summed E-state index contributed by atoms with van der Waals surface area (Å²) in [6.07, 6.45) is -0.228. The van der Waals surface area contributed by atoms with Crippen molar-refractivity contribution in [1.82, 2.24) is 25.3 Å². The van der Waals surface area contributed by atoms with Crippen LogP contribution < -0.4 is 10.1 Å². The van der Waals surface area contributed by atoms with Gasteiger partial charge in [0, 0.05) is 23.7 Å². The van der Waals surface area contributed by atoms with Gasteiger partial charge >= 0.3 is 0 Å². The minimum Gasteiger partial charge on any atom is -0.491 e. The minimum atomic E-state index is -2.84. The number of halogens is 3. The number of nitrogens with one attached hydrogen (secondary N) is 1. The van der Waals surface area contributed by atoms with E-state index in [1.807, 2.05) is 13.8 Å². The predicted octanol–water partition coefficient (Wildman–Crippen LogP) is 4.47. The smallest absolute Gasteiger partial charge is 0.263 e. The van der Waals surface area contributed by atoms with Gasteiger partial charge < -0.3 is 24.6 Å². The van der Waals surface area contributed by atoms with E-state index in [4.69, 9.17) is 30.8 Å². The molecule has 11 heteroatoms. The molecule has 0 amide bonds. The van der Waals surface area contributed by atoms with E-state index in [1.54, 1.807) is 44.1 Å². The molecule has 1 aliphatic rings. The highest BCUT2D eigenvalue weighted by Crippen LogP contribution is 2.38. The maximum Gasteiger partial charge on any atom is 0.263 e. The lowest BCUT2D eigenvalue weighted by Crippen LogP contribution is -2.47. The van der Waals surface area contributed by atoms with E-state index in [0.29, 0.717) is 75.6 Å². The molecule has 1 fully saturated rings. The summed E-state index contributed by atoms with van der Waals surface area (Å²) < 4.78 is 41.2. The van der Waals surface area contributed by atoms with Crippen molar-refractivity contribution in [3.05, 3.63) is 45.9 Å². The van der Waals surface area contributed by atoms with Crippen LogP contribution in [-0.2, 0) is 6.42 Å².